The molecule has 0 unspecified atom stereocenters. The predicted molar refractivity (Wildman–Crippen MR) is 59.1 cm³/mol. The van der Waals surface area contributed by atoms with Crippen molar-refractivity contribution in [3.8, 4) is 5.75 Å². The molecule has 1 aromatic carbocycles. The van der Waals surface area contributed by atoms with Gasteiger partial charge in [0.25, 0.3) is 0 Å². The van der Waals surface area contributed by atoms with Gasteiger partial charge in [0.05, 0.1) is 13.7 Å². The highest BCUT2D eigenvalue weighted by Crippen LogP contribution is 2.23. The van der Waals surface area contributed by atoms with Gasteiger partial charge in [0.1, 0.15) is 17.6 Å². The largest absolute Gasteiger partial charge is 0.496 e. The fraction of sp³-hybridized carbons (Fsp3) is 0.333. The molecule has 4 nitrogen and oxygen atoms in total. The molecule has 0 aliphatic rings. The molecule has 16 heavy (non-hydrogen) atoms. The van der Waals surface area contributed by atoms with E-state index in [2.05, 4.69) is 0 Å². The Morgan fingerprint density at radius 3 is 2.62 bits per heavy atom. The smallest absolute Gasteiger partial charge is 0.341 e. The quantitative estimate of drug-likeness (QED) is 0.577. The number of hydrogen-bond acceptors (Lipinski definition) is 4. The van der Waals surface area contributed by atoms with Crippen LogP contribution in [-0.4, -0.2) is 26.0 Å². The van der Waals surface area contributed by atoms with Crippen molar-refractivity contribution in [3.63, 3.8) is 0 Å². The molecule has 86 valence electrons. The van der Waals surface area contributed by atoms with E-state index >= 15 is 0 Å². The molecule has 0 spiro atoms. The molecule has 0 amide bonds. The molecule has 1 rings (SSSR count). The third kappa shape index (κ3) is 2.39. The number of carbonyl (C=O) groups is 2. The van der Waals surface area contributed by atoms with E-state index in [1.165, 1.54) is 13.2 Å². The monoisotopic (exact) mass is 222 g/mol. The minimum atomic E-state index is -0.445. The lowest BCUT2D eigenvalue weighted by Gasteiger charge is -2.10. The highest BCUT2D eigenvalue weighted by Gasteiger charge is 2.15. The lowest BCUT2D eigenvalue weighted by atomic mass is 10.0. The van der Waals surface area contributed by atoms with Crippen molar-refractivity contribution < 1.29 is 19.1 Å². The normalized spacial score (nSPS) is 9.69. The van der Waals surface area contributed by atoms with Gasteiger partial charge in [-0.15, -0.1) is 0 Å². The fourth-order valence-corrected chi connectivity index (χ4v) is 1.37. The van der Waals surface area contributed by atoms with Crippen LogP contribution in [0.1, 0.15) is 33.2 Å². The molecular weight excluding hydrogens is 208 g/mol. The van der Waals surface area contributed by atoms with Crippen molar-refractivity contribution in [2.75, 3.05) is 13.7 Å². The second-order valence-electron chi connectivity index (χ2n) is 3.25. The molecule has 0 bridgehead atoms. The standard InChI is InChI=1S/C12H14O4/c1-4-16-12(14)10-5-8(2)9(7-13)6-11(10)15-3/h5-7H,4H2,1-3H3. The zero-order chi connectivity index (χ0) is 12.1. The number of aldehydes is 1. The minimum Gasteiger partial charge on any atom is -0.496 e. The van der Waals surface area contributed by atoms with Crippen molar-refractivity contribution >= 4 is 12.3 Å². The maximum atomic E-state index is 11.6. The van der Waals surface area contributed by atoms with Crippen molar-refractivity contribution in [1.82, 2.24) is 0 Å². The second-order valence-corrected chi connectivity index (χ2v) is 3.25. The van der Waals surface area contributed by atoms with Crippen molar-refractivity contribution in [3.05, 3.63) is 28.8 Å². The first-order chi connectivity index (χ1) is 7.63. The Balaban J connectivity index is 3.22. The Morgan fingerprint density at radius 2 is 2.12 bits per heavy atom. The van der Waals surface area contributed by atoms with Gasteiger partial charge in [0.2, 0.25) is 0 Å². The number of ether oxygens (including phenoxy) is 2. The molecule has 0 aromatic heterocycles. The summed E-state index contributed by atoms with van der Waals surface area (Å²) >= 11 is 0. The van der Waals surface area contributed by atoms with Gasteiger partial charge in [-0.25, -0.2) is 4.79 Å². The first-order valence-electron chi connectivity index (χ1n) is 4.95. The summed E-state index contributed by atoms with van der Waals surface area (Å²) in [7, 11) is 1.45. The average Bonchev–Trinajstić information content (AvgIpc) is 2.29. The molecular formula is C12H14O4. The van der Waals surface area contributed by atoms with Crippen LogP contribution in [-0.2, 0) is 4.74 Å². The molecule has 0 aliphatic carbocycles. The Labute approximate surface area is 94.2 Å². The number of rotatable bonds is 4. The number of methoxy groups -OCH3 is 1. The second kappa shape index (κ2) is 5.30. The topological polar surface area (TPSA) is 52.6 Å². The number of hydrogen-bond donors (Lipinski definition) is 0. The van der Waals surface area contributed by atoms with Gasteiger partial charge in [-0.2, -0.15) is 0 Å². The van der Waals surface area contributed by atoms with Crippen molar-refractivity contribution in [2.45, 2.75) is 13.8 Å². The molecule has 0 N–H and O–H groups in total. The Hall–Kier alpha value is -1.84. The lowest BCUT2D eigenvalue weighted by molar-refractivity contribution is 0.0522. The third-order valence-corrected chi connectivity index (χ3v) is 2.21. The zero-order valence-corrected chi connectivity index (χ0v) is 9.57. The van der Waals surface area contributed by atoms with E-state index in [1.807, 2.05) is 0 Å². The van der Waals surface area contributed by atoms with Crippen LogP contribution in [0.5, 0.6) is 5.75 Å². The summed E-state index contributed by atoms with van der Waals surface area (Å²) in [6.07, 6.45) is 0.729. The number of benzene rings is 1. The van der Waals surface area contributed by atoms with Crippen molar-refractivity contribution in [1.29, 1.82) is 0 Å². The van der Waals surface area contributed by atoms with Gasteiger partial charge in [-0.3, -0.25) is 4.79 Å². The highest BCUT2D eigenvalue weighted by atomic mass is 16.5. The van der Waals surface area contributed by atoms with Crippen LogP contribution in [0.25, 0.3) is 0 Å². The SMILES string of the molecule is CCOC(=O)c1cc(C)c(C=O)cc1OC. The van der Waals surface area contributed by atoms with E-state index in [4.69, 9.17) is 9.47 Å². The van der Waals surface area contributed by atoms with Crippen molar-refractivity contribution in [2.24, 2.45) is 0 Å². The lowest BCUT2D eigenvalue weighted by Crippen LogP contribution is -2.08. The van der Waals surface area contributed by atoms with Crippen LogP contribution in [0.15, 0.2) is 12.1 Å². The first-order valence-corrected chi connectivity index (χ1v) is 4.95. The predicted octanol–water partition coefficient (Wildman–Crippen LogP) is 1.99. The summed E-state index contributed by atoms with van der Waals surface area (Å²) in [4.78, 5) is 22.3. The molecule has 0 saturated carbocycles. The molecule has 0 heterocycles. The molecule has 0 saturated heterocycles. The van der Waals surface area contributed by atoms with Gasteiger partial charge in [0.15, 0.2) is 0 Å². The molecule has 4 heteroatoms. The Bertz CT molecular complexity index is 410. The van der Waals surface area contributed by atoms with E-state index in [1.54, 1.807) is 19.9 Å². The molecule has 0 radical (unpaired) electrons. The van der Waals surface area contributed by atoms with Gasteiger partial charge >= 0.3 is 5.97 Å². The summed E-state index contributed by atoms with van der Waals surface area (Å²) in [5, 5.41) is 0. The van der Waals surface area contributed by atoms with E-state index in [9.17, 15) is 9.59 Å². The van der Waals surface area contributed by atoms with Gasteiger partial charge in [-0.05, 0) is 31.5 Å². The summed E-state index contributed by atoms with van der Waals surface area (Å²) in [6, 6.07) is 3.13. The van der Waals surface area contributed by atoms with Crippen LogP contribution in [0.3, 0.4) is 0 Å². The minimum absolute atomic E-state index is 0.302. The summed E-state index contributed by atoms with van der Waals surface area (Å²) in [6.45, 7) is 3.79. The zero-order valence-electron chi connectivity index (χ0n) is 9.57. The van der Waals surface area contributed by atoms with Crippen LogP contribution in [0, 0.1) is 6.92 Å². The van der Waals surface area contributed by atoms with Crippen LogP contribution >= 0.6 is 0 Å². The summed E-state index contributed by atoms with van der Waals surface area (Å²) in [5.41, 5.74) is 1.57. The Kier molecular flexibility index (Phi) is 4.05. The van der Waals surface area contributed by atoms with Gasteiger partial charge < -0.3 is 9.47 Å². The summed E-state index contributed by atoms with van der Waals surface area (Å²) < 4.78 is 9.94. The maximum absolute atomic E-state index is 11.6. The molecule has 1 aromatic rings. The van der Waals surface area contributed by atoms with E-state index in [0.717, 1.165) is 11.8 Å². The molecule has 0 fully saturated rings. The average molecular weight is 222 g/mol. The number of carbonyl (C=O) groups excluding carboxylic acids is 2. The van der Waals surface area contributed by atoms with E-state index in [-0.39, 0.29) is 0 Å². The molecule has 0 atom stereocenters. The fourth-order valence-electron chi connectivity index (χ4n) is 1.37. The van der Waals surface area contributed by atoms with Gasteiger partial charge in [-0.1, -0.05) is 0 Å². The first kappa shape index (κ1) is 12.2. The van der Waals surface area contributed by atoms with Crippen LogP contribution in [0.4, 0.5) is 0 Å². The Morgan fingerprint density at radius 1 is 1.44 bits per heavy atom. The molecule has 0 aliphatic heterocycles. The van der Waals surface area contributed by atoms with E-state index < -0.39 is 5.97 Å². The third-order valence-electron chi connectivity index (χ3n) is 2.21. The summed E-state index contributed by atoms with van der Waals surface area (Å²) in [5.74, 6) is -0.0916. The maximum Gasteiger partial charge on any atom is 0.341 e. The number of aryl methyl sites for hydroxylation is 1. The highest BCUT2D eigenvalue weighted by molar-refractivity contribution is 5.94. The van der Waals surface area contributed by atoms with E-state index in [0.29, 0.717) is 23.5 Å². The van der Waals surface area contributed by atoms with Gasteiger partial charge in [0, 0.05) is 5.56 Å². The number of esters is 1. The van der Waals surface area contributed by atoms with Crippen LogP contribution < -0.4 is 4.74 Å². The van der Waals surface area contributed by atoms with Crippen LogP contribution in [0.2, 0.25) is 0 Å².